The molecule has 1 aliphatic rings. The monoisotopic (exact) mass is 415 g/mol. The number of rotatable bonds is 4. The highest BCUT2D eigenvalue weighted by Gasteiger charge is 2.31. The molecule has 3 aromatic rings. The lowest BCUT2D eigenvalue weighted by molar-refractivity contribution is 0.221. The number of carbonyl (C=O) groups is 1. The van der Waals surface area contributed by atoms with E-state index in [0.717, 1.165) is 29.8 Å². The van der Waals surface area contributed by atoms with Crippen LogP contribution in [-0.4, -0.2) is 38.6 Å². The number of pyridine rings is 1. The summed E-state index contributed by atoms with van der Waals surface area (Å²) in [5.74, 6) is 0.935. The van der Waals surface area contributed by atoms with Crippen LogP contribution in [0, 0.1) is 11.7 Å². The van der Waals surface area contributed by atoms with Crippen molar-refractivity contribution in [1.82, 2.24) is 19.4 Å². The van der Waals surface area contributed by atoms with Crippen molar-refractivity contribution in [2.45, 2.75) is 32.7 Å². The van der Waals surface area contributed by atoms with Crippen molar-refractivity contribution in [2.75, 3.05) is 18.4 Å². The zero-order chi connectivity index (χ0) is 20.5. The van der Waals surface area contributed by atoms with Crippen molar-refractivity contribution in [2.24, 2.45) is 5.92 Å². The number of imidazole rings is 1. The lowest BCUT2D eigenvalue weighted by atomic mass is 10.1. The largest absolute Gasteiger partial charge is 0.326 e. The molecule has 1 aliphatic heterocycles. The number of hydrogen-bond donors (Lipinski definition) is 1. The summed E-state index contributed by atoms with van der Waals surface area (Å²) in [5.41, 5.74) is 2.02. The molecule has 2 amide bonds. The van der Waals surface area contributed by atoms with Crippen molar-refractivity contribution < 1.29 is 9.18 Å². The third kappa shape index (κ3) is 3.92. The Kier molecular flexibility index (Phi) is 5.41. The molecule has 8 heteroatoms. The summed E-state index contributed by atoms with van der Waals surface area (Å²) in [6, 6.07) is 6.14. The predicted octanol–water partition coefficient (Wildman–Crippen LogP) is 4.90. The molecule has 1 saturated heterocycles. The molecule has 152 valence electrons. The van der Waals surface area contributed by atoms with Crippen molar-refractivity contribution >= 4 is 34.4 Å². The molecule has 1 atom stereocenters. The van der Waals surface area contributed by atoms with E-state index in [-0.39, 0.29) is 22.7 Å². The summed E-state index contributed by atoms with van der Waals surface area (Å²) in [4.78, 5) is 23.4. The highest BCUT2D eigenvalue weighted by molar-refractivity contribution is 6.31. The van der Waals surface area contributed by atoms with E-state index in [1.807, 2.05) is 12.3 Å². The van der Waals surface area contributed by atoms with E-state index in [2.05, 4.69) is 28.7 Å². The van der Waals surface area contributed by atoms with E-state index in [1.165, 1.54) is 12.1 Å². The number of nitrogens with one attached hydrogen (secondary N) is 1. The highest BCUT2D eigenvalue weighted by Crippen LogP contribution is 2.31. The van der Waals surface area contributed by atoms with Gasteiger partial charge in [-0.1, -0.05) is 31.5 Å². The lowest BCUT2D eigenvalue weighted by Crippen LogP contribution is -2.33. The van der Waals surface area contributed by atoms with Gasteiger partial charge in [0.05, 0.1) is 27.9 Å². The maximum atomic E-state index is 14.1. The quantitative estimate of drug-likeness (QED) is 0.659. The first-order valence-electron chi connectivity index (χ1n) is 9.74. The number of aromatic nitrogens is 3. The number of fused-ring (bicyclic) bond motifs is 1. The number of nitrogens with zero attached hydrogens (tertiary/aromatic N) is 4. The van der Waals surface area contributed by atoms with Gasteiger partial charge in [0.2, 0.25) is 0 Å². The zero-order valence-corrected chi connectivity index (χ0v) is 17.2. The lowest BCUT2D eigenvalue weighted by Gasteiger charge is -2.19. The van der Waals surface area contributed by atoms with Crippen molar-refractivity contribution in [1.29, 1.82) is 0 Å². The molecular formula is C21H23ClFN5O. The van der Waals surface area contributed by atoms with E-state index >= 15 is 0 Å². The van der Waals surface area contributed by atoms with E-state index < -0.39 is 5.82 Å². The Morgan fingerprint density at radius 1 is 1.38 bits per heavy atom. The number of benzene rings is 1. The third-order valence-electron chi connectivity index (χ3n) is 5.16. The number of urea groups is 1. The summed E-state index contributed by atoms with van der Waals surface area (Å²) in [7, 11) is 0. The van der Waals surface area contributed by atoms with Crippen molar-refractivity contribution in [3.63, 3.8) is 0 Å². The molecule has 1 unspecified atom stereocenters. The fourth-order valence-corrected chi connectivity index (χ4v) is 3.98. The SMILES string of the molecule is CC(C)Cn1c(C2CCN(C(=O)Nc3cccc(Cl)c3F)C2)nc2ccncc21. The number of carbonyl (C=O) groups excluding carboxylic acids is 1. The van der Waals surface area contributed by atoms with Crippen LogP contribution in [-0.2, 0) is 6.54 Å². The molecule has 0 saturated carbocycles. The number of amides is 2. The smallest absolute Gasteiger partial charge is 0.321 e. The van der Waals surface area contributed by atoms with Crippen LogP contribution in [0.2, 0.25) is 5.02 Å². The van der Waals surface area contributed by atoms with Gasteiger partial charge in [-0.25, -0.2) is 14.2 Å². The Morgan fingerprint density at radius 3 is 3.00 bits per heavy atom. The molecule has 0 aliphatic carbocycles. The molecule has 0 spiro atoms. The minimum Gasteiger partial charge on any atom is -0.326 e. The van der Waals surface area contributed by atoms with Crippen molar-refractivity contribution in [3.8, 4) is 0 Å². The Hall–Kier alpha value is -2.67. The molecular weight excluding hydrogens is 393 g/mol. The predicted molar refractivity (Wildman–Crippen MR) is 112 cm³/mol. The van der Waals surface area contributed by atoms with Crippen LogP contribution < -0.4 is 5.32 Å². The van der Waals surface area contributed by atoms with Gasteiger partial charge in [-0.05, 0) is 30.5 Å². The zero-order valence-electron chi connectivity index (χ0n) is 16.4. The molecule has 0 radical (unpaired) electrons. The van der Waals surface area contributed by atoms with Crippen LogP contribution in [0.3, 0.4) is 0 Å². The average Bonchev–Trinajstić information content (AvgIpc) is 3.31. The molecule has 1 fully saturated rings. The molecule has 6 nitrogen and oxygen atoms in total. The van der Waals surface area contributed by atoms with Gasteiger partial charge in [0.1, 0.15) is 5.82 Å². The summed E-state index contributed by atoms with van der Waals surface area (Å²) < 4.78 is 16.3. The van der Waals surface area contributed by atoms with Crippen LogP contribution in [0.5, 0.6) is 0 Å². The van der Waals surface area contributed by atoms with E-state index in [0.29, 0.717) is 19.0 Å². The Labute approximate surface area is 173 Å². The Bertz CT molecular complexity index is 1050. The van der Waals surface area contributed by atoms with Crippen LogP contribution in [0.4, 0.5) is 14.9 Å². The summed E-state index contributed by atoms with van der Waals surface area (Å²) >= 11 is 5.80. The molecule has 3 heterocycles. The van der Waals surface area contributed by atoms with Crippen LogP contribution >= 0.6 is 11.6 Å². The van der Waals surface area contributed by atoms with E-state index in [1.54, 1.807) is 17.2 Å². The second-order valence-corrected chi connectivity index (χ2v) is 8.21. The van der Waals surface area contributed by atoms with Crippen LogP contribution in [0.25, 0.3) is 11.0 Å². The maximum absolute atomic E-state index is 14.1. The molecule has 0 bridgehead atoms. The number of likely N-dealkylation sites (tertiary alicyclic amines) is 1. The normalized spacial score (nSPS) is 16.7. The van der Waals surface area contributed by atoms with Gasteiger partial charge < -0.3 is 14.8 Å². The first-order valence-corrected chi connectivity index (χ1v) is 10.1. The Morgan fingerprint density at radius 2 is 2.21 bits per heavy atom. The molecule has 1 N–H and O–H groups in total. The van der Waals surface area contributed by atoms with Gasteiger partial charge >= 0.3 is 6.03 Å². The van der Waals surface area contributed by atoms with Gasteiger partial charge in [-0.2, -0.15) is 0 Å². The summed E-state index contributed by atoms with van der Waals surface area (Å²) in [6.45, 7) is 6.29. The van der Waals surface area contributed by atoms with Gasteiger partial charge in [0, 0.05) is 31.7 Å². The van der Waals surface area contributed by atoms with Crippen LogP contribution in [0.15, 0.2) is 36.7 Å². The summed E-state index contributed by atoms with van der Waals surface area (Å²) in [6.07, 6.45) is 4.39. The van der Waals surface area contributed by atoms with Gasteiger partial charge in [-0.3, -0.25) is 4.98 Å². The van der Waals surface area contributed by atoms with Gasteiger partial charge in [-0.15, -0.1) is 0 Å². The molecule has 4 rings (SSSR count). The highest BCUT2D eigenvalue weighted by atomic mass is 35.5. The second-order valence-electron chi connectivity index (χ2n) is 7.80. The standard InChI is InChI=1S/C21H23ClFN5O/c1-13(2)11-28-18-10-24-8-6-16(18)25-20(28)14-7-9-27(12-14)21(29)26-17-5-3-4-15(22)19(17)23/h3-6,8,10,13-14H,7,9,11-12H2,1-2H3,(H,26,29). The second kappa shape index (κ2) is 7.99. The number of halogens is 2. The number of hydrogen-bond acceptors (Lipinski definition) is 3. The maximum Gasteiger partial charge on any atom is 0.321 e. The first kappa shape index (κ1) is 19.6. The van der Waals surface area contributed by atoms with Crippen molar-refractivity contribution in [3.05, 3.63) is 53.3 Å². The average molecular weight is 416 g/mol. The Balaban J connectivity index is 1.54. The van der Waals surface area contributed by atoms with Gasteiger partial charge in [0.15, 0.2) is 5.82 Å². The molecule has 1 aromatic carbocycles. The topological polar surface area (TPSA) is 63.1 Å². The minimum absolute atomic E-state index is 0.0156. The fraction of sp³-hybridized carbons (Fsp3) is 0.381. The van der Waals surface area contributed by atoms with Gasteiger partial charge in [0.25, 0.3) is 0 Å². The first-order chi connectivity index (χ1) is 13.9. The number of anilines is 1. The summed E-state index contributed by atoms with van der Waals surface area (Å²) in [5, 5.41) is 2.61. The van der Waals surface area contributed by atoms with E-state index in [9.17, 15) is 9.18 Å². The fourth-order valence-electron chi connectivity index (χ4n) is 3.81. The minimum atomic E-state index is -0.621. The molecule has 29 heavy (non-hydrogen) atoms. The van der Waals surface area contributed by atoms with E-state index in [4.69, 9.17) is 16.6 Å². The third-order valence-corrected chi connectivity index (χ3v) is 5.45. The van der Waals surface area contributed by atoms with Crippen LogP contribution in [0.1, 0.15) is 32.0 Å². The molecule has 2 aromatic heterocycles.